The van der Waals surface area contributed by atoms with E-state index in [1.807, 2.05) is 6.07 Å². The van der Waals surface area contributed by atoms with E-state index in [1.165, 1.54) is 9.75 Å². The Morgan fingerprint density at radius 1 is 1.40 bits per heavy atom. The number of hydrogen-bond acceptors (Lipinski definition) is 4. The van der Waals surface area contributed by atoms with Gasteiger partial charge in [-0.1, -0.05) is 17.7 Å². The number of nitrogens with one attached hydrogen (secondary N) is 1. The Morgan fingerprint density at radius 2 is 2.30 bits per heavy atom. The molecule has 1 aliphatic rings. The van der Waals surface area contributed by atoms with Gasteiger partial charge in [-0.3, -0.25) is 0 Å². The summed E-state index contributed by atoms with van der Waals surface area (Å²) < 4.78 is 6.71. The maximum Gasteiger partial charge on any atom is 0.0931 e. The highest BCUT2D eigenvalue weighted by Gasteiger charge is 2.31. The molecule has 3 rings (SSSR count). The number of hydrogen-bond donors (Lipinski definition) is 1. The Labute approximate surface area is 132 Å². The average molecular weight is 328 g/mol. The van der Waals surface area contributed by atoms with Gasteiger partial charge in [-0.05, 0) is 43.3 Å². The highest BCUT2D eigenvalue weighted by Crippen LogP contribution is 2.34. The highest BCUT2D eigenvalue weighted by molar-refractivity contribution is 7.16. The Kier molecular flexibility index (Phi) is 4.48. The third-order valence-electron chi connectivity index (χ3n) is 3.69. The van der Waals surface area contributed by atoms with Crippen molar-refractivity contribution in [3.63, 3.8) is 0 Å². The zero-order valence-corrected chi connectivity index (χ0v) is 13.8. The summed E-state index contributed by atoms with van der Waals surface area (Å²) >= 11 is 9.51. The fourth-order valence-electron chi connectivity index (χ4n) is 2.57. The quantitative estimate of drug-likeness (QED) is 0.858. The predicted octanol–water partition coefficient (Wildman–Crippen LogP) is 4.71. The molecule has 0 bridgehead atoms. The summed E-state index contributed by atoms with van der Waals surface area (Å²) in [5, 5.41) is 5.79. The van der Waals surface area contributed by atoms with Gasteiger partial charge >= 0.3 is 0 Å². The first kappa shape index (κ1) is 14.5. The summed E-state index contributed by atoms with van der Waals surface area (Å²) in [6.45, 7) is 3.94. The molecule has 0 radical (unpaired) electrons. The molecule has 2 unspecified atom stereocenters. The Balaban J connectivity index is 1.76. The van der Waals surface area contributed by atoms with E-state index in [9.17, 15) is 0 Å². The standard InChI is InChI=1S/C15H18ClNOS2/c1-15(7-3-8-18-15)10-17-14(11-4-2-9-19-11)12-5-6-13(16)20-12/h2,4-6,9,14,17H,3,7-8,10H2,1H3. The van der Waals surface area contributed by atoms with Gasteiger partial charge in [0.2, 0.25) is 0 Å². The van der Waals surface area contributed by atoms with Crippen LogP contribution in [0.1, 0.15) is 35.6 Å². The second-order valence-electron chi connectivity index (χ2n) is 5.37. The van der Waals surface area contributed by atoms with Crippen molar-refractivity contribution >= 4 is 34.3 Å². The van der Waals surface area contributed by atoms with Gasteiger partial charge < -0.3 is 10.1 Å². The summed E-state index contributed by atoms with van der Waals surface area (Å²) in [4.78, 5) is 2.59. The Hall–Kier alpha value is -0.390. The average Bonchev–Trinajstić information content (AvgIpc) is 3.13. The summed E-state index contributed by atoms with van der Waals surface area (Å²) in [6, 6.07) is 8.57. The topological polar surface area (TPSA) is 21.3 Å². The molecule has 1 fully saturated rings. The lowest BCUT2D eigenvalue weighted by Crippen LogP contribution is -2.38. The van der Waals surface area contributed by atoms with Gasteiger partial charge in [-0.25, -0.2) is 0 Å². The van der Waals surface area contributed by atoms with Gasteiger partial charge in [0.25, 0.3) is 0 Å². The van der Waals surface area contributed by atoms with Crippen molar-refractivity contribution < 1.29 is 4.74 Å². The lowest BCUT2D eigenvalue weighted by molar-refractivity contribution is 0.0197. The van der Waals surface area contributed by atoms with Crippen molar-refractivity contribution in [3.8, 4) is 0 Å². The maximum absolute atomic E-state index is 6.09. The molecule has 108 valence electrons. The van der Waals surface area contributed by atoms with Crippen LogP contribution in [0.3, 0.4) is 0 Å². The molecular formula is C15H18ClNOS2. The smallest absolute Gasteiger partial charge is 0.0931 e. The summed E-state index contributed by atoms with van der Waals surface area (Å²) in [7, 11) is 0. The Morgan fingerprint density at radius 3 is 2.90 bits per heavy atom. The minimum Gasteiger partial charge on any atom is -0.374 e. The van der Waals surface area contributed by atoms with Crippen LogP contribution in [0.2, 0.25) is 4.34 Å². The van der Waals surface area contributed by atoms with E-state index in [2.05, 4.69) is 35.8 Å². The van der Waals surface area contributed by atoms with Crippen molar-refractivity contribution in [3.05, 3.63) is 43.7 Å². The highest BCUT2D eigenvalue weighted by atomic mass is 35.5. The molecule has 5 heteroatoms. The molecule has 1 saturated heterocycles. The molecule has 0 aliphatic carbocycles. The third kappa shape index (κ3) is 3.26. The SMILES string of the molecule is CC1(CNC(c2cccs2)c2ccc(Cl)s2)CCCO1. The van der Waals surface area contributed by atoms with E-state index >= 15 is 0 Å². The third-order valence-corrected chi connectivity index (χ3v) is 5.92. The molecule has 20 heavy (non-hydrogen) atoms. The normalized spacial score (nSPS) is 24.1. The van der Waals surface area contributed by atoms with E-state index in [4.69, 9.17) is 16.3 Å². The second-order valence-corrected chi connectivity index (χ2v) is 8.10. The number of ether oxygens (including phenoxy) is 1. The first-order chi connectivity index (χ1) is 9.66. The summed E-state index contributed by atoms with van der Waals surface area (Å²) in [5.41, 5.74) is -0.0312. The zero-order chi connectivity index (χ0) is 14.0. The second kappa shape index (κ2) is 6.16. The van der Waals surface area contributed by atoms with Crippen LogP contribution >= 0.6 is 34.3 Å². The molecule has 0 amide bonds. The molecule has 2 aromatic heterocycles. The molecule has 1 N–H and O–H groups in total. The van der Waals surface area contributed by atoms with Gasteiger partial charge in [-0.15, -0.1) is 22.7 Å². The molecule has 2 nitrogen and oxygen atoms in total. The molecule has 2 atom stereocenters. The molecule has 3 heterocycles. The first-order valence-corrected chi connectivity index (χ1v) is 8.90. The van der Waals surface area contributed by atoms with Crippen LogP contribution in [0.25, 0.3) is 0 Å². The van der Waals surface area contributed by atoms with Gasteiger partial charge in [0.15, 0.2) is 0 Å². The number of halogens is 1. The van der Waals surface area contributed by atoms with Crippen LogP contribution in [0.5, 0.6) is 0 Å². The van der Waals surface area contributed by atoms with Crippen molar-refractivity contribution in [2.24, 2.45) is 0 Å². The largest absolute Gasteiger partial charge is 0.374 e. The Bertz CT molecular complexity index is 546. The van der Waals surface area contributed by atoms with Crippen LogP contribution in [0, 0.1) is 0 Å². The van der Waals surface area contributed by atoms with Gasteiger partial charge in [0.05, 0.1) is 16.0 Å². The molecule has 1 aliphatic heterocycles. The van der Waals surface area contributed by atoms with Gasteiger partial charge in [0, 0.05) is 22.9 Å². The van der Waals surface area contributed by atoms with Crippen molar-refractivity contribution in [1.82, 2.24) is 5.32 Å². The van der Waals surface area contributed by atoms with Gasteiger partial charge in [-0.2, -0.15) is 0 Å². The van der Waals surface area contributed by atoms with Crippen LogP contribution in [0.15, 0.2) is 29.6 Å². The van der Waals surface area contributed by atoms with Gasteiger partial charge in [0.1, 0.15) is 0 Å². The molecule has 2 aromatic rings. The van der Waals surface area contributed by atoms with Crippen LogP contribution in [0.4, 0.5) is 0 Å². The predicted molar refractivity (Wildman–Crippen MR) is 87.1 cm³/mol. The van der Waals surface area contributed by atoms with E-state index in [0.29, 0.717) is 0 Å². The summed E-state index contributed by atoms with van der Waals surface area (Å²) in [6.07, 6.45) is 2.29. The molecule has 0 saturated carbocycles. The van der Waals surface area contributed by atoms with Crippen molar-refractivity contribution in [2.75, 3.05) is 13.2 Å². The van der Waals surface area contributed by atoms with E-state index in [0.717, 1.165) is 30.3 Å². The van der Waals surface area contributed by atoms with Crippen molar-refractivity contribution in [2.45, 2.75) is 31.4 Å². The van der Waals surface area contributed by atoms with Crippen molar-refractivity contribution in [1.29, 1.82) is 0 Å². The maximum atomic E-state index is 6.09. The van der Waals surface area contributed by atoms with E-state index < -0.39 is 0 Å². The van der Waals surface area contributed by atoms with Crippen LogP contribution in [-0.4, -0.2) is 18.8 Å². The number of thiophene rings is 2. The lowest BCUT2D eigenvalue weighted by atomic mass is 10.0. The van der Waals surface area contributed by atoms with E-state index in [-0.39, 0.29) is 11.6 Å². The van der Waals surface area contributed by atoms with Crippen LogP contribution < -0.4 is 5.32 Å². The lowest BCUT2D eigenvalue weighted by Gasteiger charge is -2.26. The summed E-state index contributed by atoms with van der Waals surface area (Å²) in [5.74, 6) is 0. The first-order valence-electron chi connectivity index (χ1n) is 6.82. The monoisotopic (exact) mass is 327 g/mol. The van der Waals surface area contributed by atoms with E-state index in [1.54, 1.807) is 22.7 Å². The molecular weight excluding hydrogens is 310 g/mol. The molecule has 0 aromatic carbocycles. The fourth-order valence-corrected chi connectivity index (χ4v) is 4.62. The zero-order valence-electron chi connectivity index (χ0n) is 11.4. The van der Waals surface area contributed by atoms with Crippen LogP contribution in [-0.2, 0) is 4.74 Å². The fraction of sp³-hybridized carbons (Fsp3) is 0.467. The minimum atomic E-state index is -0.0312. The molecule has 0 spiro atoms. The number of rotatable bonds is 5. The minimum absolute atomic E-state index is 0.0312.